The lowest BCUT2D eigenvalue weighted by molar-refractivity contribution is -0.123. The Morgan fingerprint density at radius 1 is 0.976 bits per heavy atom. The maximum atomic E-state index is 14.4. The second-order valence-corrected chi connectivity index (χ2v) is 11.4. The minimum atomic E-state index is -3.52. The summed E-state index contributed by atoms with van der Waals surface area (Å²) in [5.74, 6) is -6.43. The Hall–Kier alpha value is -5.18. The number of pyridine rings is 1. The Balaban J connectivity index is 1.43. The average molecular weight is 599 g/mol. The molecule has 0 aliphatic heterocycles. The topological polar surface area (TPSA) is 178 Å². The summed E-state index contributed by atoms with van der Waals surface area (Å²) in [6.07, 6.45) is 0.896. The van der Waals surface area contributed by atoms with Gasteiger partial charge < -0.3 is 20.3 Å². The molecule has 4 aromatic rings. The van der Waals surface area contributed by atoms with E-state index in [2.05, 4.69) is 15.4 Å². The summed E-state index contributed by atoms with van der Waals surface area (Å²) < 4.78 is 59.7. The van der Waals surface area contributed by atoms with Gasteiger partial charge in [-0.15, -0.1) is 5.10 Å². The van der Waals surface area contributed by atoms with Gasteiger partial charge in [-0.05, 0) is 49.2 Å². The first kappa shape index (κ1) is 28.4. The Morgan fingerprint density at radius 2 is 1.69 bits per heavy atom. The minimum Gasteiger partial charge on any atom is -0.478 e. The zero-order valence-corrected chi connectivity index (χ0v) is 22.1. The second kappa shape index (κ2) is 11.0. The Labute approximate surface area is 236 Å². The Morgan fingerprint density at radius 3 is 2.31 bits per heavy atom. The molecule has 0 bridgehead atoms. The molecular formula is C27H20F2N4O8S. The number of aromatic nitrogens is 3. The first-order chi connectivity index (χ1) is 19.9. The van der Waals surface area contributed by atoms with Crippen LogP contribution >= 0.6 is 0 Å². The number of hydrogen-bond donors (Lipinski definition) is 3. The van der Waals surface area contributed by atoms with Gasteiger partial charge in [-0.1, -0.05) is 12.1 Å². The molecule has 3 N–H and O–H groups in total. The van der Waals surface area contributed by atoms with Crippen molar-refractivity contribution in [2.24, 2.45) is 0 Å². The predicted molar refractivity (Wildman–Crippen MR) is 140 cm³/mol. The molecule has 1 unspecified atom stereocenters. The number of rotatable bonds is 10. The lowest BCUT2D eigenvalue weighted by atomic mass is 10.1. The zero-order chi connectivity index (χ0) is 30.2. The summed E-state index contributed by atoms with van der Waals surface area (Å²) >= 11 is 0. The van der Waals surface area contributed by atoms with Crippen molar-refractivity contribution in [2.45, 2.75) is 29.1 Å². The van der Waals surface area contributed by atoms with E-state index in [1.54, 1.807) is 0 Å². The van der Waals surface area contributed by atoms with Crippen molar-refractivity contribution in [3.05, 3.63) is 95.3 Å². The van der Waals surface area contributed by atoms with Crippen LogP contribution in [-0.4, -0.2) is 56.5 Å². The van der Waals surface area contributed by atoms with E-state index in [0.717, 1.165) is 22.9 Å². The first-order valence-corrected chi connectivity index (χ1v) is 13.8. The molecule has 1 saturated carbocycles. The van der Waals surface area contributed by atoms with Crippen LogP contribution in [0.1, 0.15) is 45.4 Å². The van der Waals surface area contributed by atoms with Crippen LogP contribution in [0.15, 0.2) is 71.8 Å². The molecule has 1 amide bonds. The molecule has 216 valence electrons. The quantitative estimate of drug-likeness (QED) is 0.244. The fraction of sp³-hybridized carbons (Fsp3) is 0.148. The largest absolute Gasteiger partial charge is 0.478 e. The minimum absolute atomic E-state index is 0.0572. The highest BCUT2D eigenvalue weighted by Crippen LogP contribution is 2.34. The Bertz CT molecular complexity index is 1820. The number of carboxylic acids is 2. The van der Waals surface area contributed by atoms with E-state index in [4.69, 9.17) is 4.74 Å². The number of carbonyl (C=O) groups excluding carboxylic acids is 1. The van der Waals surface area contributed by atoms with E-state index >= 15 is 0 Å². The third-order valence-electron chi connectivity index (χ3n) is 6.24. The molecule has 12 nitrogen and oxygen atoms in total. The van der Waals surface area contributed by atoms with E-state index in [1.807, 2.05) is 0 Å². The summed E-state index contributed by atoms with van der Waals surface area (Å²) in [6.45, 7) is 0. The highest BCUT2D eigenvalue weighted by Gasteiger charge is 2.37. The van der Waals surface area contributed by atoms with Crippen LogP contribution in [0.4, 0.5) is 14.6 Å². The van der Waals surface area contributed by atoms with Gasteiger partial charge in [0, 0.05) is 23.9 Å². The highest BCUT2D eigenvalue weighted by molar-refractivity contribution is 7.92. The van der Waals surface area contributed by atoms with Crippen LogP contribution in [0.25, 0.3) is 5.82 Å². The van der Waals surface area contributed by atoms with Crippen molar-refractivity contribution < 1.29 is 46.5 Å². The van der Waals surface area contributed by atoms with Crippen molar-refractivity contribution in [1.29, 1.82) is 0 Å². The number of sulfone groups is 1. The fourth-order valence-electron chi connectivity index (χ4n) is 4.00. The van der Waals surface area contributed by atoms with Gasteiger partial charge in [-0.2, -0.15) is 0 Å². The number of carboxylic acid groups (broad SMARTS) is 2. The molecule has 15 heteroatoms. The standard InChI is InChI=1S/C27H20F2N4O8S/c28-15-3-9-20(19(29)13-15)41-24(14-1-4-16(5-2-14)42(39,40)17-6-7-17)25(34)30-21-11-12-33(32-21)22-10-8-18(26(35)36)23(31-22)27(37)38/h1-5,8-13,17,24H,6-7H2,(H,35,36)(H,37,38)(H,30,32,34). The van der Waals surface area contributed by atoms with E-state index in [-0.39, 0.29) is 22.1 Å². The van der Waals surface area contributed by atoms with Gasteiger partial charge in [0.1, 0.15) is 5.82 Å². The highest BCUT2D eigenvalue weighted by atomic mass is 32.2. The monoisotopic (exact) mass is 598 g/mol. The van der Waals surface area contributed by atoms with E-state index < -0.39 is 67.7 Å². The van der Waals surface area contributed by atoms with Gasteiger partial charge in [0.05, 0.1) is 15.7 Å². The third kappa shape index (κ3) is 5.81. The molecule has 2 aromatic carbocycles. The number of nitrogens with one attached hydrogen (secondary N) is 1. The molecule has 1 atom stereocenters. The molecule has 1 aliphatic rings. The van der Waals surface area contributed by atoms with Gasteiger partial charge in [0.15, 0.2) is 38.7 Å². The molecule has 1 aliphatic carbocycles. The van der Waals surface area contributed by atoms with E-state index in [9.17, 15) is 41.8 Å². The number of ether oxygens (including phenoxy) is 1. The summed E-state index contributed by atoms with van der Waals surface area (Å²) in [7, 11) is -3.52. The molecule has 0 spiro atoms. The second-order valence-electron chi connectivity index (χ2n) is 9.20. The number of amides is 1. The van der Waals surface area contributed by atoms with Crippen LogP contribution in [0.2, 0.25) is 0 Å². The van der Waals surface area contributed by atoms with Crippen LogP contribution in [0, 0.1) is 11.6 Å². The number of carbonyl (C=O) groups is 3. The smallest absolute Gasteiger partial charge is 0.355 e. The van der Waals surface area contributed by atoms with Gasteiger partial charge in [0.2, 0.25) is 6.10 Å². The SMILES string of the molecule is O=C(O)c1ccc(-n2ccc(NC(=O)C(Oc3ccc(F)cc3F)c3ccc(S(=O)(=O)C4CC4)cc3)n2)nc1C(=O)O. The van der Waals surface area contributed by atoms with Crippen molar-refractivity contribution >= 4 is 33.5 Å². The van der Waals surface area contributed by atoms with Crippen molar-refractivity contribution in [2.75, 3.05) is 5.32 Å². The predicted octanol–water partition coefficient (Wildman–Crippen LogP) is 3.64. The molecule has 0 saturated heterocycles. The van der Waals surface area contributed by atoms with Gasteiger partial charge >= 0.3 is 11.9 Å². The lowest BCUT2D eigenvalue weighted by Crippen LogP contribution is -2.26. The number of hydrogen-bond acceptors (Lipinski definition) is 8. The number of nitrogens with zero attached hydrogens (tertiary/aromatic N) is 3. The molecule has 2 heterocycles. The van der Waals surface area contributed by atoms with Gasteiger partial charge in [0.25, 0.3) is 5.91 Å². The Kier molecular flexibility index (Phi) is 7.43. The summed E-state index contributed by atoms with van der Waals surface area (Å²) in [6, 6.07) is 11.4. The van der Waals surface area contributed by atoms with Crippen LogP contribution in [-0.2, 0) is 14.6 Å². The number of anilines is 1. The average Bonchev–Trinajstić information content (AvgIpc) is 3.72. The number of aromatic carboxylic acids is 2. The number of benzene rings is 2. The molecule has 42 heavy (non-hydrogen) atoms. The number of halogens is 2. The van der Waals surface area contributed by atoms with Gasteiger partial charge in [-0.3, -0.25) is 4.79 Å². The molecular weight excluding hydrogens is 578 g/mol. The fourth-order valence-corrected chi connectivity index (χ4v) is 5.65. The van der Waals surface area contributed by atoms with Crippen LogP contribution in [0.3, 0.4) is 0 Å². The van der Waals surface area contributed by atoms with Crippen LogP contribution < -0.4 is 10.1 Å². The molecule has 1 fully saturated rings. The van der Waals surface area contributed by atoms with E-state index in [1.165, 1.54) is 42.6 Å². The molecule has 5 rings (SSSR count). The van der Waals surface area contributed by atoms with Gasteiger partial charge in [-0.25, -0.2) is 36.5 Å². The summed E-state index contributed by atoms with van der Waals surface area (Å²) in [5, 5.41) is 24.6. The molecule has 2 aromatic heterocycles. The van der Waals surface area contributed by atoms with E-state index in [0.29, 0.717) is 18.9 Å². The lowest BCUT2D eigenvalue weighted by Gasteiger charge is -2.19. The van der Waals surface area contributed by atoms with Crippen molar-refractivity contribution in [3.63, 3.8) is 0 Å². The van der Waals surface area contributed by atoms with Crippen LogP contribution in [0.5, 0.6) is 5.75 Å². The first-order valence-electron chi connectivity index (χ1n) is 12.2. The van der Waals surface area contributed by atoms with Crippen molar-refractivity contribution in [1.82, 2.24) is 14.8 Å². The maximum Gasteiger partial charge on any atom is 0.355 e. The summed E-state index contributed by atoms with van der Waals surface area (Å²) in [5.41, 5.74) is -1.10. The van der Waals surface area contributed by atoms with Crippen molar-refractivity contribution in [3.8, 4) is 11.6 Å². The third-order valence-corrected chi connectivity index (χ3v) is 8.52. The normalized spacial score (nSPS) is 13.8. The summed E-state index contributed by atoms with van der Waals surface area (Å²) in [4.78, 5) is 40.0. The zero-order valence-electron chi connectivity index (χ0n) is 21.3. The maximum absolute atomic E-state index is 14.4. The molecule has 0 radical (unpaired) electrons.